The predicted molar refractivity (Wildman–Crippen MR) is 106 cm³/mol. The third-order valence-corrected chi connectivity index (χ3v) is 5.69. The van der Waals surface area contributed by atoms with Crippen molar-refractivity contribution in [1.82, 2.24) is 5.32 Å². The second-order valence-corrected chi connectivity index (χ2v) is 8.19. The number of nitrogens with one attached hydrogen (secondary N) is 2. The Bertz CT molecular complexity index is 1200. The van der Waals surface area contributed by atoms with E-state index in [1.54, 1.807) is 6.92 Å². The molecule has 0 saturated carbocycles. The lowest BCUT2D eigenvalue weighted by Gasteiger charge is -2.12. The highest BCUT2D eigenvalue weighted by atomic mass is 32.2. The highest BCUT2D eigenvalue weighted by molar-refractivity contribution is 7.92. The Balaban J connectivity index is 1.80. The molecule has 0 spiro atoms. The molecule has 0 aliphatic heterocycles. The number of anilines is 1. The number of halogens is 3. The van der Waals surface area contributed by atoms with Crippen molar-refractivity contribution in [2.75, 3.05) is 4.72 Å². The molecule has 156 valence electrons. The summed E-state index contributed by atoms with van der Waals surface area (Å²) in [5, 5.41) is 2.46. The van der Waals surface area contributed by atoms with Crippen LogP contribution in [0.3, 0.4) is 0 Å². The van der Waals surface area contributed by atoms with E-state index >= 15 is 0 Å². The van der Waals surface area contributed by atoms with Gasteiger partial charge in [0.2, 0.25) is 0 Å². The first-order valence-corrected chi connectivity index (χ1v) is 10.3. The van der Waals surface area contributed by atoms with E-state index in [1.807, 2.05) is 0 Å². The van der Waals surface area contributed by atoms with Crippen LogP contribution in [0.15, 0.2) is 65.6 Å². The highest BCUT2D eigenvalue weighted by Gasteiger charge is 2.19. The number of carbonyl (C=O) groups excluding carboxylic acids is 1. The molecule has 0 aliphatic rings. The van der Waals surface area contributed by atoms with Crippen molar-refractivity contribution in [3.05, 3.63) is 94.8 Å². The van der Waals surface area contributed by atoms with Crippen LogP contribution in [0.2, 0.25) is 0 Å². The summed E-state index contributed by atoms with van der Waals surface area (Å²) >= 11 is 0. The van der Waals surface area contributed by atoms with Crippen LogP contribution in [0.4, 0.5) is 18.9 Å². The lowest BCUT2D eigenvalue weighted by molar-refractivity contribution is 0.0949. The van der Waals surface area contributed by atoms with E-state index in [0.717, 1.165) is 30.3 Å². The minimum absolute atomic E-state index is 0.0391. The summed E-state index contributed by atoms with van der Waals surface area (Å²) in [6.45, 7) is 1.34. The van der Waals surface area contributed by atoms with E-state index < -0.39 is 33.4 Å². The van der Waals surface area contributed by atoms with Crippen molar-refractivity contribution in [3.63, 3.8) is 0 Å². The molecule has 0 bridgehead atoms. The van der Waals surface area contributed by atoms with Crippen LogP contribution in [-0.2, 0) is 16.6 Å². The normalized spacial score (nSPS) is 11.2. The van der Waals surface area contributed by atoms with E-state index in [2.05, 4.69) is 10.0 Å². The molecule has 3 aromatic carbocycles. The SMILES string of the molecule is Cc1ccc(S(=O)(=O)Nc2ccc(F)cc2)cc1C(=O)NCc1cc(F)ccc1F. The second-order valence-electron chi connectivity index (χ2n) is 6.51. The Morgan fingerprint density at radius 3 is 2.27 bits per heavy atom. The first kappa shape index (κ1) is 21.4. The molecular weight excluding hydrogens is 417 g/mol. The molecule has 0 heterocycles. The number of benzene rings is 3. The standard InChI is InChI=1S/C21H17F3N2O3S/c1-13-2-8-18(30(28,29)26-17-6-3-15(22)4-7-17)11-19(13)21(27)25-12-14-10-16(23)5-9-20(14)24/h2-11,26H,12H2,1H3,(H,25,27). The number of sulfonamides is 1. The van der Waals surface area contributed by atoms with Gasteiger partial charge >= 0.3 is 0 Å². The maximum Gasteiger partial charge on any atom is 0.261 e. The van der Waals surface area contributed by atoms with Crippen molar-refractivity contribution in [2.45, 2.75) is 18.4 Å². The van der Waals surface area contributed by atoms with Gasteiger partial charge < -0.3 is 5.32 Å². The molecule has 5 nitrogen and oxygen atoms in total. The quantitative estimate of drug-likeness (QED) is 0.612. The van der Waals surface area contributed by atoms with Crippen LogP contribution >= 0.6 is 0 Å². The maximum absolute atomic E-state index is 13.7. The van der Waals surface area contributed by atoms with Gasteiger partial charge in [0.05, 0.1) is 4.90 Å². The molecule has 3 rings (SSSR count). The molecule has 3 aromatic rings. The van der Waals surface area contributed by atoms with Gasteiger partial charge in [0.1, 0.15) is 17.5 Å². The molecule has 30 heavy (non-hydrogen) atoms. The molecule has 2 N–H and O–H groups in total. The average molecular weight is 434 g/mol. The first-order valence-electron chi connectivity index (χ1n) is 8.77. The van der Waals surface area contributed by atoms with E-state index in [1.165, 1.54) is 30.3 Å². The monoisotopic (exact) mass is 434 g/mol. The Morgan fingerprint density at radius 1 is 0.900 bits per heavy atom. The highest BCUT2D eigenvalue weighted by Crippen LogP contribution is 2.20. The lowest BCUT2D eigenvalue weighted by Crippen LogP contribution is -2.25. The van der Waals surface area contributed by atoms with Crippen molar-refractivity contribution in [2.24, 2.45) is 0 Å². The molecule has 0 saturated heterocycles. The molecule has 0 aromatic heterocycles. The van der Waals surface area contributed by atoms with Gasteiger partial charge in [-0.1, -0.05) is 6.07 Å². The second kappa shape index (κ2) is 8.58. The van der Waals surface area contributed by atoms with Gasteiger partial charge in [0, 0.05) is 23.4 Å². The Kier molecular flexibility index (Phi) is 6.12. The van der Waals surface area contributed by atoms with Crippen molar-refractivity contribution >= 4 is 21.6 Å². The van der Waals surface area contributed by atoms with E-state index in [-0.39, 0.29) is 28.3 Å². The predicted octanol–water partition coefficient (Wildman–Crippen LogP) is 4.14. The van der Waals surface area contributed by atoms with Gasteiger partial charge in [-0.25, -0.2) is 21.6 Å². The molecule has 0 atom stereocenters. The molecule has 0 unspecified atom stereocenters. The number of amides is 1. The Labute approximate surface area is 171 Å². The summed E-state index contributed by atoms with van der Waals surface area (Å²) < 4.78 is 67.5. The fourth-order valence-corrected chi connectivity index (χ4v) is 3.78. The molecule has 9 heteroatoms. The van der Waals surface area contributed by atoms with Gasteiger partial charge in [0.25, 0.3) is 15.9 Å². The van der Waals surface area contributed by atoms with Gasteiger partial charge in [-0.05, 0) is 67.1 Å². The minimum Gasteiger partial charge on any atom is -0.348 e. The van der Waals surface area contributed by atoms with E-state index in [9.17, 15) is 26.4 Å². The summed E-state index contributed by atoms with van der Waals surface area (Å²) in [7, 11) is -4.04. The number of carbonyl (C=O) groups is 1. The zero-order chi connectivity index (χ0) is 21.9. The van der Waals surface area contributed by atoms with Gasteiger partial charge in [-0.3, -0.25) is 9.52 Å². The fourth-order valence-electron chi connectivity index (χ4n) is 2.69. The van der Waals surface area contributed by atoms with Crippen LogP contribution in [0, 0.1) is 24.4 Å². The first-order chi connectivity index (χ1) is 14.2. The number of hydrogen-bond donors (Lipinski definition) is 2. The zero-order valence-electron chi connectivity index (χ0n) is 15.7. The third kappa shape index (κ3) is 4.98. The zero-order valence-corrected chi connectivity index (χ0v) is 16.6. The van der Waals surface area contributed by atoms with E-state index in [4.69, 9.17) is 0 Å². The van der Waals surface area contributed by atoms with Gasteiger partial charge in [-0.15, -0.1) is 0 Å². The fraction of sp³-hybridized carbons (Fsp3) is 0.0952. The molecule has 0 fully saturated rings. The van der Waals surface area contributed by atoms with Crippen molar-refractivity contribution in [3.8, 4) is 0 Å². The molecule has 0 radical (unpaired) electrons. The Morgan fingerprint density at radius 2 is 1.57 bits per heavy atom. The summed E-state index contributed by atoms with van der Waals surface area (Å²) in [4.78, 5) is 12.3. The van der Waals surface area contributed by atoms with Crippen molar-refractivity contribution in [1.29, 1.82) is 0 Å². The summed E-state index contributed by atoms with van der Waals surface area (Å²) in [5.74, 6) is -2.47. The minimum atomic E-state index is -4.04. The van der Waals surface area contributed by atoms with Crippen molar-refractivity contribution < 1.29 is 26.4 Å². The summed E-state index contributed by atoms with van der Waals surface area (Å²) in [6, 6.07) is 11.6. The molecule has 0 aliphatic carbocycles. The van der Waals surface area contributed by atoms with E-state index in [0.29, 0.717) is 5.56 Å². The summed E-state index contributed by atoms with van der Waals surface area (Å²) in [5.41, 5.74) is 0.675. The third-order valence-electron chi connectivity index (χ3n) is 4.31. The smallest absolute Gasteiger partial charge is 0.261 e. The Hall–Kier alpha value is -3.33. The molecule has 1 amide bonds. The van der Waals surface area contributed by atoms with Gasteiger partial charge in [0.15, 0.2) is 0 Å². The van der Waals surface area contributed by atoms with Crippen LogP contribution in [0.5, 0.6) is 0 Å². The van der Waals surface area contributed by atoms with Crippen LogP contribution < -0.4 is 10.0 Å². The number of rotatable bonds is 6. The lowest BCUT2D eigenvalue weighted by atomic mass is 10.1. The largest absolute Gasteiger partial charge is 0.348 e. The summed E-state index contributed by atoms with van der Waals surface area (Å²) in [6.07, 6.45) is 0. The topological polar surface area (TPSA) is 75.3 Å². The van der Waals surface area contributed by atoms with Crippen LogP contribution in [0.1, 0.15) is 21.5 Å². The number of hydrogen-bond acceptors (Lipinski definition) is 3. The van der Waals surface area contributed by atoms with Gasteiger partial charge in [-0.2, -0.15) is 0 Å². The maximum atomic E-state index is 13.7. The molecular formula is C21H17F3N2O3S. The van der Waals surface area contributed by atoms with Crippen LogP contribution in [0.25, 0.3) is 0 Å². The number of aryl methyl sites for hydroxylation is 1. The van der Waals surface area contributed by atoms with Crippen LogP contribution in [-0.4, -0.2) is 14.3 Å². The average Bonchev–Trinajstić information content (AvgIpc) is 2.70.